The van der Waals surface area contributed by atoms with E-state index >= 15 is 0 Å². The van der Waals surface area contributed by atoms with Gasteiger partial charge >= 0.3 is 0 Å². The molecule has 0 aromatic rings. The molecular weight excluding hydrogens is 212 g/mol. The first-order valence-electron chi connectivity index (χ1n) is 6.88. The van der Waals surface area contributed by atoms with Crippen molar-refractivity contribution in [2.45, 2.75) is 53.0 Å². The van der Waals surface area contributed by atoms with Crippen LogP contribution < -0.4 is 10.6 Å². The van der Waals surface area contributed by atoms with Gasteiger partial charge in [0.25, 0.3) is 0 Å². The van der Waals surface area contributed by atoms with E-state index in [9.17, 15) is 4.79 Å². The Bertz CT molecular complexity index is 289. The number of carbonyl (C=O) groups is 1. The van der Waals surface area contributed by atoms with Crippen LogP contribution in [0.1, 0.15) is 47.0 Å². The van der Waals surface area contributed by atoms with Gasteiger partial charge in [0.05, 0.1) is 6.04 Å². The van der Waals surface area contributed by atoms with Crippen molar-refractivity contribution >= 4 is 5.91 Å². The largest absolute Gasteiger partial charge is 0.354 e. The van der Waals surface area contributed by atoms with E-state index in [0.717, 1.165) is 19.5 Å². The maximum atomic E-state index is 12.0. The SMILES string of the molecule is CC1(C)C(CNC(=O)C2CCCCN2)C1(C)C. The number of piperidine rings is 1. The Morgan fingerprint density at radius 1 is 1.24 bits per heavy atom. The zero-order valence-electron chi connectivity index (χ0n) is 11.6. The molecular formula is C14H26N2O. The second kappa shape index (κ2) is 4.27. The summed E-state index contributed by atoms with van der Waals surface area (Å²) in [4.78, 5) is 12.0. The fourth-order valence-corrected chi connectivity index (χ4v) is 3.24. The van der Waals surface area contributed by atoms with Gasteiger partial charge in [-0.2, -0.15) is 0 Å². The average Bonchev–Trinajstić information content (AvgIpc) is 2.68. The Morgan fingerprint density at radius 2 is 1.88 bits per heavy atom. The predicted molar refractivity (Wildman–Crippen MR) is 69.7 cm³/mol. The van der Waals surface area contributed by atoms with E-state index in [2.05, 4.69) is 38.3 Å². The molecule has 1 amide bonds. The van der Waals surface area contributed by atoms with Crippen LogP contribution in [0.15, 0.2) is 0 Å². The van der Waals surface area contributed by atoms with E-state index in [1.165, 1.54) is 12.8 Å². The predicted octanol–water partition coefficient (Wildman–Crippen LogP) is 1.93. The van der Waals surface area contributed by atoms with Gasteiger partial charge in [-0.1, -0.05) is 34.1 Å². The normalized spacial score (nSPS) is 30.9. The minimum atomic E-state index is 0.0497. The third-order valence-electron chi connectivity index (χ3n) is 5.43. The van der Waals surface area contributed by atoms with Crippen LogP contribution in [0.3, 0.4) is 0 Å². The van der Waals surface area contributed by atoms with E-state index in [-0.39, 0.29) is 11.9 Å². The lowest BCUT2D eigenvalue weighted by molar-refractivity contribution is -0.123. The first-order valence-corrected chi connectivity index (χ1v) is 6.88. The highest BCUT2D eigenvalue weighted by Gasteiger charge is 2.64. The second-order valence-corrected chi connectivity index (χ2v) is 6.74. The lowest BCUT2D eigenvalue weighted by Crippen LogP contribution is -2.47. The molecule has 1 aliphatic carbocycles. The van der Waals surface area contributed by atoms with Gasteiger partial charge in [0.2, 0.25) is 5.91 Å². The molecule has 1 saturated carbocycles. The molecule has 1 saturated heterocycles. The van der Waals surface area contributed by atoms with Crippen LogP contribution >= 0.6 is 0 Å². The fourth-order valence-electron chi connectivity index (χ4n) is 3.24. The molecule has 3 heteroatoms. The van der Waals surface area contributed by atoms with Gasteiger partial charge in [0, 0.05) is 6.54 Å². The quantitative estimate of drug-likeness (QED) is 0.789. The minimum absolute atomic E-state index is 0.0497. The average molecular weight is 238 g/mol. The maximum absolute atomic E-state index is 12.0. The van der Waals surface area contributed by atoms with Crippen molar-refractivity contribution in [2.75, 3.05) is 13.1 Å². The third kappa shape index (κ3) is 2.22. The molecule has 2 rings (SSSR count). The molecule has 3 nitrogen and oxygen atoms in total. The summed E-state index contributed by atoms with van der Waals surface area (Å²) in [6.45, 7) is 11.0. The standard InChI is InChI=1S/C14H26N2O/c1-13(2)11(14(13,3)4)9-16-12(17)10-7-5-6-8-15-10/h10-11,15H,5-9H2,1-4H3,(H,16,17). The molecule has 1 unspecified atom stereocenters. The van der Waals surface area contributed by atoms with Crippen molar-refractivity contribution in [1.82, 2.24) is 10.6 Å². The molecule has 1 heterocycles. The number of amides is 1. The van der Waals surface area contributed by atoms with Gasteiger partial charge in [-0.15, -0.1) is 0 Å². The van der Waals surface area contributed by atoms with Gasteiger partial charge in [-0.25, -0.2) is 0 Å². The van der Waals surface area contributed by atoms with E-state index in [1.807, 2.05) is 0 Å². The van der Waals surface area contributed by atoms with Crippen molar-refractivity contribution < 1.29 is 4.79 Å². The number of hydrogen-bond donors (Lipinski definition) is 2. The molecule has 98 valence electrons. The van der Waals surface area contributed by atoms with E-state index < -0.39 is 0 Å². The molecule has 2 fully saturated rings. The summed E-state index contributed by atoms with van der Waals surface area (Å²) < 4.78 is 0. The highest BCUT2D eigenvalue weighted by atomic mass is 16.2. The van der Waals surface area contributed by atoms with Crippen molar-refractivity contribution in [3.63, 3.8) is 0 Å². The van der Waals surface area contributed by atoms with Crippen LogP contribution in [0.4, 0.5) is 0 Å². The maximum Gasteiger partial charge on any atom is 0.237 e. The van der Waals surface area contributed by atoms with Crippen LogP contribution in [0.2, 0.25) is 0 Å². The fraction of sp³-hybridized carbons (Fsp3) is 0.929. The van der Waals surface area contributed by atoms with Crippen molar-refractivity contribution in [2.24, 2.45) is 16.7 Å². The smallest absolute Gasteiger partial charge is 0.237 e. The Hall–Kier alpha value is -0.570. The van der Waals surface area contributed by atoms with Gasteiger partial charge in [0.1, 0.15) is 0 Å². The van der Waals surface area contributed by atoms with Crippen LogP contribution in [0.5, 0.6) is 0 Å². The Labute approximate surface area is 105 Å². The lowest BCUT2D eigenvalue weighted by Gasteiger charge is -2.22. The van der Waals surface area contributed by atoms with Crippen LogP contribution in [-0.2, 0) is 4.79 Å². The molecule has 0 spiro atoms. The third-order valence-corrected chi connectivity index (χ3v) is 5.43. The summed E-state index contributed by atoms with van der Waals surface area (Å²) in [5.41, 5.74) is 0.723. The Morgan fingerprint density at radius 3 is 2.35 bits per heavy atom. The Balaban J connectivity index is 1.78. The number of nitrogens with one attached hydrogen (secondary N) is 2. The van der Waals surface area contributed by atoms with E-state index in [1.54, 1.807) is 0 Å². The van der Waals surface area contributed by atoms with Gasteiger partial charge in [-0.05, 0) is 36.1 Å². The molecule has 0 aromatic heterocycles. The molecule has 2 N–H and O–H groups in total. The molecule has 0 radical (unpaired) electrons. The summed E-state index contributed by atoms with van der Waals surface area (Å²) >= 11 is 0. The summed E-state index contributed by atoms with van der Waals surface area (Å²) in [5.74, 6) is 0.811. The van der Waals surface area contributed by atoms with Gasteiger partial charge in [0.15, 0.2) is 0 Å². The molecule has 2 aliphatic rings. The molecule has 0 aromatic carbocycles. The van der Waals surface area contributed by atoms with Crippen molar-refractivity contribution in [1.29, 1.82) is 0 Å². The van der Waals surface area contributed by atoms with Crippen molar-refractivity contribution in [3.05, 3.63) is 0 Å². The van der Waals surface area contributed by atoms with Gasteiger partial charge in [-0.3, -0.25) is 4.79 Å². The Kier molecular flexibility index (Phi) is 3.23. The monoisotopic (exact) mass is 238 g/mol. The second-order valence-electron chi connectivity index (χ2n) is 6.74. The van der Waals surface area contributed by atoms with Gasteiger partial charge < -0.3 is 10.6 Å². The number of hydrogen-bond acceptors (Lipinski definition) is 2. The minimum Gasteiger partial charge on any atom is -0.354 e. The first-order chi connectivity index (χ1) is 7.87. The number of carbonyl (C=O) groups excluding carboxylic acids is 1. The topological polar surface area (TPSA) is 41.1 Å². The summed E-state index contributed by atoms with van der Waals surface area (Å²) in [6.07, 6.45) is 3.36. The summed E-state index contributed by atoms with van der Waals surface area (Å²) in [5, 5.41) is 6.42. The molecule has 0 bridgehead atoms. The molecule has 17 heavy (non-hydrogen) atoms. The highest BCUT2D eigenvalue weighted by Crippen LogP contribution is 2.67. The van der Waals surface area contributed by atoms with E-state index in [0.29, 0.717) is 16.7 Å². The number of rotatable bonds is 3. The summed E-state index contributed by atoms with van der Waals surface area (Å²) in [6, 6.07) is 0.0497. The van der Waals surface area contributed by atoms with Crippen LogP contribution in [0, 0.1) is 16.7 Å². The van der Waals surface area contributed by atoms with Crippen LogP contribution in [-0.4, -0.2) is 25.0 Å². The van der Waals surface area contributed by atoms with Crippen LogP contribution in [0.25, 0.3) is 0 Å². The highest BCUT2D eigenvalue weighted by molar-refractivity contribution is 5.81. The first kappa shape index (κ1) is 12.9. The van der Waals surface area contributed by atoms with Crippen molar-refractivity contribution in [3.8, 4) is 0 Å². The molecule has 1 atom stereocenters. The zero-order chi connectivity index (χ0) is 12.7. The lowest BCUT2D eigenvalue weighted by atomic mass is 10.0. The molecule has 1 aliphatic heterocycles. The zero-order valence-corrected chi connectivity index (χ0v) is 11.6. The van der Waals surface area contributed by atoms with E-state index in [4.69, 9.17) is 0 Å². The summed E-state index contributed by atoms with van der Waals surface area (Å²) in [7, 11) is 0.